The summed E-state index contributed by atoms with van der Waals surface area (Å²) in [6.45, 7) is 0.773. The summed E-state index contributed by atoms with van der Waals surface area (Å²) in [6, 6.07) is 1.56. The Morgan fingerprint density at radius 2 is 2.24 bits per heavy atom. The zero-order chi connectivity index (χ0) is 13.0. The number of hydrogen-bond donors (Lipinski definition) is 0. The lowest BCUT2D eigenvalue weighted by atomic mass is 10.3. The molecule has 0 fully saturated rings. The van der Waals surface area contributed by atoms with Gasteiger partial charge in [-0.2, -0.15) is 0 Å². The van der Waals surface area contributed by atoms with Crippen LogP contribution in [0.25, 0.3) is 0 Å². The minimum absolute atomic E-state index is 0.195. The van der Waals surface area contributed by atoms with E-state index in [0.29, 0.717) is 27.4 Å². The van der Waals surface area contributed by atoms with E-state index in [1.54, 1.807) is 20.2 Å². The first-order chi connectivity index (χ1) is 7.95. The van der Waals surface area contributed by atoms with Gasteiger partial charge in [0.2, 0.25) is 0 Å². The van der Waals surface area contributed by atoms with Gasteiger partial charge >= 0.3 is 0 Å². The van der Waals surface area contributed by atoms with E-state index in [1.807, 2.05) is 0 Å². The molecule has 1 atom stereocenters. The van der Waals surface area contributed by atoms with Crippen LogP contribution in [0.1, 0.15) is 10.4 Å². The average molecular weight is 317 g/mol. The van der Waals surface area contributed by atoms with Gasteiger partial charge in [-0.15, -0.1) is 22.9 Å². The molecule has 0 saturated carbocycles. The van der Waals surface area contributed by atoms with Crippen LogP contribution in [-0.4, -0.2) is 43.5 Å². The van der Waals surface area contributed by atoms with Crippen LogP contribution in [0.4, 0.5) is 0 Å². The van der Waals surface area contributed by atoms with Gasteiger partial charge in [0.25, 0.3) is 5.91 Å². The molecule has 0 saturated heterocycles. The highest BCUT2D eigenvalue weighted by atomic mass is 35.5. The lowest BCUT2D eigenvalue weighted by molar-refractivity contribution is 0.0782. The Bertz CT molecular complexity index is 397. The van der Waals surface area contributed by atoms with E-state index < -0.39 is 0 Å². The molecule has 3 nitrogen and oxygen atoms in total. The number of alkyl halides is 1. The minimum Gasteiger partial charge on any atom is -0.383 e. The van der Waals surface area contributed by atoms with Crippen LogP contribution >= 0.6 is 46.1 Å². The van der Waals surface area contributed by atoms with Crippen molar-refractivity contribution in [1.82, 2.24) is 4.90 Å². The Morgan fingerprint density at radius 3 is 2.71 bits per heavy atom. The highest BCUT2D eigenvalue weighted by Gasteiger charge is 2.20. The number of nitrogens with zero attached hydrogens (tertiary/aromatic N) is 1. The first-order valence-corrected chi connectivity index (χ1v) is 6.80. The van der Waals surface area contributed by atoms with E-state index in [1.165, 1.54) is 16.2 Å². The van der Waals surface area contributed by atoms with Crippen molar-refractivity contribution >= 4 is 52.0 Å². The molecule has 1 aromatic rings. The van der Waals surface area contributed by atoms with E-state index in [0.717, 1.165) is 0 Å². The Kier molecular flexibility index (Phi) is 6.03. The van der Waals surface area contributed by atoms with Gasteiger partial charge in [-0.1, -0.05) is 23.2 Å². The lowest BCUT2D eigenvalue weighted by Crippen LogP contribution is -2.33. The maximum absolute atomic E-state index is 12.0. The maximum Gasteiger partial charge on any atom is 0.256 e. The first-order valence-electron chi connectivity index (χ1n) is 4.79. The monoisotopic (exact) mass is 315 g/mol. The Balaban J connectivity index is 2.66. The number of carbonyl (C=O) groups excluding carboxylic acids is 1. The van der Waals surface area contributed by atoms with Crippen LogP contribution in [0, 0.1) is 0 Å². The van der Waals surface area contributed by atoms with Crippen molar-refractivity contribution in [3.63, 3.8) is 0 Å². The summed E-state index contributed by atoms with van der Waals surface area (Å²) in [7, 11) is 3.22. The molecule has 1 amide bonds. The highest BCUT2D eigenvalue weighted by Crippen LogP contribution is 2.31. The second kappa shape index (κ2) is 6.81. The molecule has 0 aliphatic rings. The van der Waals surface area contributed by atoms with Gasteiger partial charge in [-0.25, -0.2) is 0 Å². The summed E-state index contributed by atoms with van der Waals surface area (Å²) >= 11 is 18.8. The normalized spacial score (nSPS) is 12.5. The van der Waals surface area contributed by atoms with E-state index in [4.69, 9.17) is 39.5 Å². The molecule has 1 unspecified atom stereocenters. The van der Waals surface area contributed by atoms with Crippen molar-refractivity contribution < 1.29 is 9.53 Å². The highest BCUT2D eigenvalue weighted by molar-refractivity contribution is 7.20. The smallest absolute Gasteiger partial charge is 0.256 e. The standard InChI is InChI=1S/C10H12Cl3NO2S/c1-14(4-6(11)5-16-2)10(15)7-3-8(12)17-9(7)13/h3,6H,4-5H2,1-2H3. The lowest BCUT2D eigenvalue weighted by Gasteiger charge is -2.19. The zero-order valence-corrected chi connectivity index (χ0v) is 12.5. The second-order valence-corrected chi connectivity index (χ2v) is 6.38. The molecule has 1 heterocycles. The number of carbonyl (C=O) groups is 1. The zero-order valence-electron chi connectivity index (χ0n) is 9.37. The number of ether oxygens (including phenoxy) is 1. The summed E-state index contributed by atoms with van der Waals surface area (Å²) in [5.74, 6) is -0.195. The van der Waals surface area contributed by atoms with Gasteiger partial charge in [-0.3, -0.25) is 4.79 Å². The van der Waals surface area contributed by atoms with Crippen molar-refractivity contribution in [1.29, 1.82) is 0 Å². The van der Waals surface area contributed by atoms with Gasteiger partial charge < -0.3 is 9.64 Å². The molecule has 0 aromatic carbocycles. The van der Waals surface area contributed by atoms with Crippen molar-refractivity contribution in [3.05, 3.63) is 20.3 Å². The van der Waals surface area contributed by atoms with E-state index in [9.17, 15) is 4.79 Å². The first kappa shape index (κ1) is 15.1. The van der Waals surface area contributed by atoms with Gasteiger partial charge in [0, 0.05) is 20.7 Å². The average Bonchev–Trinajstić information content (AvgIpc) is 2.56. The summed E-state index contributed by atoms with van der Waals surface area (Å²) in [6.07, 6.45) is 0. The molecule has 0 N–H and O–H groups in total. The molecule has 7 heteroatoms. The third-order valence-electron chi connectivity index (χ3n) is 2.05. The molecule has 0 aliphatic heterocycles. The number of amides is 1. The summed E-state index contributed by atoms with van der Waals surface area (Å²) in [5, 5.41) is -0.248. The summed E-state index contributed by atoms with van der Waals surface area (Å²) in [4.78, 5) is 13.5. The number of rotatable bonds is 5. The Hall–Kier alpha value is -0.0000000000000000555. The quantitative estimate of drug-likeness (QED) is 0.779. The van der Waals surface area contributed by atoms with Gasteiger partial charge in [0.15, 0.2) is 0 Å². The van der Waals surface area contributed by atoms with Crippen molar-refractivity contribution in [2.75, 3.05) is 27.3 Å². The minimum atomic E-state index is -0.248. The van der Waals surface area contributed by atoms with Crippen molar-refractivity contribution in [2.45, 2.75) is 5.38 Å². The van der Waals surface area contributed by atoms with Crippen LogP contribution in [0.2, 0.25) is 8.67 Å². The van der Waals surface area contributed by atoms with Crippen LogP contribution in [0.5, 0.6) is 0 Å². The maximum atomic E-state index is 12.0. The van der Waals surface area contributed by atoms with Gasteiger partial charge in [0.1, 0.15) is 4.34 Å². The molecule has 0 radical (unpaired) electrons. The van der Waals surface area contributed by atoms with Crippen LogP contribution < -0.4 is 0 Å². The van der Waals surface area contributed by atoms with Crippen molar-refractivity contribution in [3.8, 4) is 0 Å². The SMILES string of the molecule is COCC(Cl)CN(C)C(=O)c1cc(Cl)sc1Cl. The number of hydrogen-bond acceptors (Lipinski definition) is 3. The predicted molar refractivity (Wildman–Crippen MR) is 72.8 cm³/mol. The molecular weight excluding hydrogens is 305 g/mol. The number of thiophene rings is 1. The van der Waals surface area contributed by atoms with Crippen LogP contribution in [-0.2, 0) is 4.74 Å². The molecule has 17 heavy (non-hydrogen) atoms. The summed E-state index contributed by atoms with van der Waals surface area (Å²) in [5.41, 5.74) is 0.408. The van der Waals surface area contributed by atoms with Crippen LogP contribution in [0.3, 0.4) is 0 Å². The van der Waals surface area contributed by atoms with Crippen LogP contribution in [0.15, 0.2) is 6.07 Å². The van der Waals surface area contributed by atoms with E-state index in [2.05, 4.69) is 0 Å². The fourth-order valence-corrected chi connectivity index (χ4v) is 3.09. The molecule has 1 aromatic heterocycles. The molecule has 0 aliphatic carbocycles. The molecular formula is C10H12Cl3NO2S. The Labute approximate surface area is 119 Å². The van der Waals surface area contributed by atoms with Gasteiger partial charge in [0.05, 0.1) is 21.9 Å². The third kappa shape index (κ3) is 4.30. The van der Waals surface area contributed by atoms with Gasteiger partial charge in [-0.05, 0) is 6.07 Å². The third-order valence-corrected chi connectivity index (χ3v) is 3.80. The fourth-order valence-electron chi connectivity index (χ4n) is 1.31. The Morgan fingerprint density at radius 1 is 1.59 bits per heavy atom. The summed E-state index contributed by atoms with van der Waals surface area (Å²) < 4.78 is 5.79. The number of methoxy groups -OCH3 is 1. The van der Waals surface area contributed by atoms with E-state index in [-0.39, 0.29) is 11.3 Å². The predicted octanol–water partition coefficient (Wildman–Crippen LogP) is 3.38. The topological polar surface area (TPSA) is 29.5 Å². The van der Waals surface area contributed by atoms with E-state index >= 15 is 0 Å². The largest absolute Gasteiger partial charge is 0.383 e. The molecule has 96 valence electrons. The second-order valence-electron chi connectivity index (χ2n) is 3.48. The molecule has 0 bridgehead atoms. The molecule has 0 spiro atoms. The number of halogens is 3. The molecule has 1 rings (SSSR count). The fraction of sp³-hybridized carbons (Fsp3) is 0.500. The van der Waals surface area contributed by atoms with Crippen molar-refractivity contribution in [2.24, 2.45) is 0 Å².